The highest BCUT2D eigenvalue weighted by Gasteiger charge is 2.13. The molecule has 0 aliphatic rings. The fraction of sp³-hybridized carbons (Fsp3) is 0.111. The number of thiazole rings is 1. The maximum atomic E-state index is 12.5. The number of aromatic nitrogens is 4. The lowest BCUT2D eigenvalue weighted by Gasteiger charge is -2.12. The van der Waals surface area contributed by atoms with Crippen molar-refractivity contribution in [2.75, 3.05) is 12.4 Å². The number of pyridine rings is 1. The third-order valence-electron chi connectivity index (χ3n) is 3.83. The number of rotatable bonds is 6. The van der Waals surface area contributed by atoms with E-state index in [0.717, 1.165) is 11.1 Å². The van der Waals surface area contributed by atoms with E-state index in [0.29, 0.717) is 35.0 Å². The van der Waals surface area contributed by atoms with Gasteiger partial charge in [0.2, 0.25) is 0 Å². The van der Waals surface area contributed by atoms with E-state index in [-0.39, 0.29) is 5.91 Å². The second-order valence-corrected chi connectivity index (χ2v) is 6.34. The van der Waals surface area contributed by atoms with E-state index < -0.39 is 0 Å². The van der Waals surface area contributed by atoms with Crippen LogP contribution in [0, 0.1) is 0 Å². The summed E-state index contributed by atoms with van der Waals surface area (Å²) in [6.45, 7) is 0.335. The van der Waals surface area contributed by atoms with Crippen LogP contribution in [0.3, 0.4) is 0 Å². The van der Waals surface area contributed by atoms with Crippen LogP contribution < -0.4 is 14.8 Å². The number of hydrogen-bond acceptors (Lipinski definition) is 7. The maximum absolute atomic E-state index is 12.5. The normalized spacial score (nSPS) is 10.7. The lowest BCUT2D eigenvalue weighted by Crippen LogP contribution is -2.12. The van der Waals surface area contributed by atoms with E-state index in [1.54, 1.807) is 42.2 Å². The van der Waals surface area contributed by atoms with E-state index in [4.69, 9.17) is 9.47 Å². The van der Waals surface area contributed by atoms with Gasteiger partial charge in [0.25, 0.3) is 5.91 Å². The topological polar surface area (TPSA) is 102 Å². The largest absolute Gasteiger partial charge is 0.493 e. The SMILES string of the molecule is COc1cc(C(=O)Nc2cnc3[nH]ncc3c2)ccc1OCc1cscn1. The van der Waals surface area contributed by atoms with Gasteiger partial charge in [0.05, 0.1) is 36.4 Å². The van der Waals surface area contributed by atoms with Crippen LogP contribution >= 0.6 is 11.3 Å². The van der Waals surface area contributed by atoms with Crippen LogP contribution in [0.15, 0.2) is 47.5 Å². The highest BCUT2D eigenvalue weighted by molar-refractivity contribution is 7.07. The van der Waals surface area contributed by atoms with Crippen molar-refractivity contribution in [3.8, 4) is 11.5 Å². The first-order chi connectivity index (χ1) is 13.2. The van der Waals surface area contributed by atoms with Crippen molar-refractivity contribution in [1.29, 1.82) is 0 Å². The Balaban J connectivity index is 1.49. The molecule has 0 atom stereocenters. The molecule has 0 spiro atoms. The Morgan fingerprint density at radius 1 is 1.22 bits per heavy atom. The molecular formula is C18H15N5O3S. The van der Waals surface area contributed by atoms with Gasteiger partial charge in [-0.25, -0.2) is 9.97 Å². The van der Waals surface area contributed by atoms with Crippen LogP contribution in [-0.4, -0.2) is 33.2 Å². The maximum Gasteiger partial charge on any atom is 0.255 e. The number of nitrogens with zero attached hydrogens (tertiary/aromatic N) is 3. The molecule has 0 saturated carbocycles. The minimum Gasteiger partial charge on any atom is -0.493 e. The number of fused-ring (bicyclic) bond motifs is 1. The van der Waals surface area contributed by atoms with Crippen LogP contribution in [0.4, 0.5) is 5.69 Å². The fourth-order valence-corrected chi connectivity index (χ4v) is 3.04. The average molecular weight is 381 g/mol. The van der Waals surface area contributed by atoms with E-state index >= 15 is 0 Å². The van der Waals surface area contributed by atoms with E-state index in [9.17, 15) is 4.79 Å². The standard InChI is InChI=1S/C18H15N5O3S/c1-25-16-5-11(2-3-15(16)26-8-14-9-27-10-20-14)18(24)22-13-4-12-6-21-23-17(12)19-7-13/h2-7,9-10H,8H2,1H3,(H,22,24)(H,19,21,23). The molecule has 3 heterocycles. The van der Waals surface area contributed by atoms with Gasteiger partial charge >= 0.3 is 0 Å². The van der Waals surface area contributed by atoms with Gasteiger partial charge in [-0.1, -0.05) is 0 Å². The predicted octanol–water partition coefficient (Wildman–Crippen LogP) is 3.25. The molecule has 1 aromatic carbocycles. The lowest BCUT2D eigenvalue weighted by molar-refractivity contribution is 0.102. The van der Waals surface area contributed by atoms with E-state index in [1.807, 2.05) is 5.38 Å². The summed E-state index contributed by atoms with van der Waals surface area (Å²) >= 11 is 1.51. The molecule has 0 aliphatic heterocycles. The molecule has 0 radical (unpaired) electrons. The zero-order valence-corrected chi connectivity index (χ0v) is 15.1. The van der Waals surface area contributed by atoms with Crippen molar-refractivity contribution >= 4 is 34.0 Å². The van der Waals surface area contributed by atoms with Crippen LogP contribution in [0.5, 0.6) is 11.5 Å². The van der Waals surface area contributed by atoms with Gasteiger partial charge in [-0.05, 0) is 24.3 Å². The molecule has 27 heavy (non-hydrogen) atoms. The molecule has 9 heteroatoms. The highest BCUT2D eigenvalue weighted by atomic mass is 32.1. The number of hydrogen-bond donors (Lipinski definition) is 2. The summed E-state index contributed by atoms with van der Waals surface area (Å²) in [5, 5.41) is 12.2. The van der Waals surface area contributed by atoms with E-state index in [2.05, 4.69) is 25.5 Å². The van der Waals surface area contributed by atoms with Gasteiger partial charge in [-0.15, -0.1) is 11.3 Å². The summed E-state index contributed by atoms with van der Waals surface area (Å²) in [5.74, 6) is 0.744. The molecule has 4 aromatic rings. The zero-order valence-electron chi connectivity index (χ0n) is 14.3. The minimum absolute atomic E-state index is 0.274. The Morgan fingerprint density at radius 2 is 2.15 bits per heavy atom. The third kappa shape index (κ3) is 3.72. The van der Waals surface area contributed by atoms with Crippen molar-refractivity contribution in [2.45, 2.75) is 6.61 Å². The van der Waals surface area contributed by atoms with Crippen LogP contribution in [0.1, 0.15) is 16.1 Å². The summed E-state index contributed by atoms with van der Waals surface area (Å²) in [6, 6.07) is 6.82. The average Bonchev–Trinajstić information content (AvgIpc) is 3.37. The van der Waals surface area contributed by atoms with Crippen molar-refractivity contribution in [2.24, 2.45) is 0 Å². The number of methoxy groups -OCH3 is 1. The van der Waals surface area contributed by atoms with Crippen molar-refractivity contribution in [1.82, 2.24) is 20.2 Å². The summed E-state index contributed by atoms with van der Waals surface area (Å²) in [5.41, 5.74) is 4.28. The Morgan fingerprint density at radius 3 is 2.96 bits per heavy atom. The molecule has 0 fully saturated rings. The molecule has 0 bridgehead atoms. The Bertz CT molecular complexity index is 1080. The smallest absolute Gasteiger partial charge is 0.255 e. The number of benzene rings is 1. The molecule has 1 amide bonds. The molecular weight excluding hydrogens is 366 g/mol. The number of aromatic amines is 1. The number of H-pyrrole nitrogens is 1. The van der Waals surface area contributed by atoms with Crippen molar-refractivity contribution in [3.05, 3.63) is 58.8 Å². The van der Waals surface area contributed by atoms with Crippen LogP contribution in [-0.2, 0) is 6.61 Å². The van der Waals surface area contributed by atoms with Gasteiger partial charge in [0.1, 0.15) is 6.61 Å². The lowest BCUT2D eigenvalue weighted by atomic mass is 10.2. The van der Waals surface area contributed by atoms with E-state index in [1.165, 1.54) is 18.4 Å². The number of carbonyl (C=O) groups excluding carboxylic acids is 1. The molecule has 0 aliphatic carbocycles. The van der Waals surface area contributed by atoms with Gasteiger partial charge in [0, 0.05) is 16.3 Å². The molecule has 0 saturated heterocycles. The Hall–Kier alpha value is -3.46. The van der Waals surface area contributed by atoms with Gasteiger partial charge in [-0.2, -0.15) is 5.10 Å². The van der Waals surface area contributed by atoms with Crippen LogP contribution in [0.25, 0.3) is 11.0 Å². The predicted molar refractivity (Wildman–Crippen MR) is 101 cm³/mol. The number of ether oxygens (including phenoxy) is 2. The summed E-state index contributed by atoms with van der Waals surface area (Å²) in [7, 11) is 1.53. The van der Waals surface area contributed by atoms with Gasteiger partial charge in [0.15, 0.2) is 17.1 Å². The quantitative estimate of drug-likeness (QED) is 0.531. The number of anilines is 1. The molecule has 8 nitrogen and oxygen atoms in total. The molecule has 0 unspecified atom stereocenters. The second-order valence-electron chi connectivity index (χ2n) is 5.62. The van der Waals surface area contributed by atoms with Crippen LogP contribution in [0.2, 0.25) is 0 Å². The first-order valence-electron chi connectivity index (χ1n) is 8.01. The molecule has 4 rings (SSSR count). The monoisotopic (exact) mass is 381 g/mol. The fourth-order valence-electron chi connectivity index (χ4n) is 2.50. The number of amides is 1. The number of nitrogens with one attached hydrogen (secondary N) is 2. The molecule has 136 valence electrons. The highest BCUT2D eigenvalue weighted by Crippen LogP contribution is 2.29. The number of carbonyl (C=O) groups is 1. The summed E-state index contributed by atoms with van der Waals surface area (Å²) in [6.07, 6.45) is 3.22. The summed E-state index contributed by atoms with van der Waals surface area (Å²) < 4.78 is 11.1. The van der Waals surface area contributed by atoms with Crippen molar-refractivity contribution in [3.63, 3.8) is 0 Å². The first-order valence-corrected chi connectivity index (χ1v) is 8.95. The second kappa shape index (κ2) is 7.42. The first kappa shape index (κ1) is 17.0. The molecule has 2 N–H and O–H groups in total. The van der Waals surface area contributed by atoms with Crippen molar-refractivity contribution < 1.29 is 14.3 Å². The van der Waals surface area contributed by atoms with Gasteiger partial charge < -0.3 is 14.8 Å². The third-order valence-corrected chi connectivity index (χ3v) is 4.47. The molecule has 3 aromatic heterocycles. The minimum atomic E-state index is -0.274. The Kier molecular flexibility index (Phi) is 4.67. The zero-order chi connectivity index (χ0) is 18.6. The summed E-state index contributed by atoms with van der Waals surface area (Å²) in [4.78, 5) is 20.9. The van der Waals surface area contributed by atoms with Gasteiger partial charge in [-0.3, -0.25) is 9.89 Å². The Labute approximate surface area is 158 Å².